The van der Waals surface area contributed by atoms with E-state index in [-0.39, 0.29) is 17.2 Å². The molecule has 0 spiro atoms. The van der Waals surface area contributed by atoms with Crippen molar-refractivity contribution in [2.45, 2.75) is 70.6 Å². The maximum atomic E-state index is 12.1. The van der Waals surface area contributed by atoms with Crippen molar-refractivity contribution >= 4 is 11.6 Å². The molecule has 101 valence electrons. The van der Waals surface area contributed by atoms with Gasteiger partial charge in [0.15, 0.2) is 0 Å². The van der Waals surface area contributed by atoms with Crippen LogP contribution in [-0.2, 0) is 9.94 Å². The van der Waals surface area contributed by atoms with Crippen molar-refractivity contribution in [3.8, 4) is 0 Å². The normalized spacial score (nSPS) is 25.1. The zero-order valence-electron chi connectivity index (χ0n) is 11.5. The van der Waals surface area contributed by atoms with Crippen LogP contribution in [0.5, 0.6) is 0 Å². The van der Waals surface area contributed by atoms with E-state index < -0.39 is 0 Å². The average Bonchev–Trinajstić information content (AvgIpc) is 2.20. The molecule has 0 amide bonds. The molecule has 1 radical (unpaired) electrons. The van der Waals surface area contributed by atoms with Crippen LogP contribution in [-0.4, -0.2) is 34.7 Å². The van der Waals surface area contributed by atoms with Crippen LogP contribution in [0.1, 0.15) is 53.4 Å². The van der Waals surface area contributed by atoms with Crippen LogP contribution in [0.25, 0.3) is 0 Å². The summed E-state index contributed by atoms with van der Waals surface area (Å²) >= 11 is 5.63. The number of piperidine rings is 1. The Balaban J connectivity index is 2.48. The van der Waals surface area contributed by atoms with Crippen LogP contribution >= 0.6 is 11.6 Å². The van der Waals surface area contributed by atoms with Gasteiger partial charge in [-0.3, -0.25) is 0 Å². The summed E-state index contributed by atoms with van der Waals surface area (Å²) < 4.78 is 5.88. The molecule has 0 unspecified atom stereocenters. The molecule has 0 saturated carbocycles. The molecule has 0 bridgehead atoms. The number of unbranched alkanes of at least 4 members (excludes halogenated alkanes) is 1. The van der Waals surface area contributed by atoms with Gasteiger partial charge in [-0.25, -0.2) is 0 Å². The van der Waals surface area contributed by atoms with Crippen LogP contribution < -0.4 is 0 Å². The van der Waals surface area contributed by atoms with Gasteiger partial charge < -0.3 is 4.74 Å². The predicted octanol–water partition coefficient (Wildman–Crippen LogP) is 3.39. The highest BCUT2D eigenvalue weighted by Gasteiger charge is 2.46. The first-order chi connectivity index (χ1) is 7.79. The second-order valence-corrected chi connectivity index (χ2v) is 6.59. The molecule has 1 heterocycles. The molecular weight excluding hydrogens is 238 g/mol. The topological polar surface area (TPSA) is 32.4 Å². The summed E-state index contributed by atoms with van der Waals surface area (Å²) in [6, 6.07) is 0. The van der Waals surface area contributed by atoms with Crippen molar-refractivity contribution in [2.75, 3.05) is 12.5 Å². The van der Waals surface area contributed by atoms with Crippen molar-refractivity contribution in [1.82, 2.24) is 5.06 Å². The van der Waals surface area contributed by atoms with E-state index in [0.717, 1.165) is 32.3 Å². The number of rotatable bonds is 5. The van der Waals surface area contributed by atoms with Gasteiger partial charge in [-0.2, -0.15) is 0 Å². The Morgan fingerprint density at radius 2 is 1.71 bits per heavy atom. The van der Waals surface area contributed by atoms with E-state index in [1.807, 2.05) is 27.7 Å². The lowest BCUT2D eigenvalue weighted by molar-refractivity contribution is -0.301. The quantitative estimate of drug-likeness (QED) is 0.562. The van der Waals surface area contributed by atoms with Crippen LogP contribution in [0, 0.1) is 0 Å². The fraction of sp³-hybridized carbons (Fsp3) is 1.00. The van der Waals surface area contributed by atoms with Gasteiger partial charge in [0.05, 0.1) is 6.10 Å². The number of hydrogen-bond acceptors (Lipinski definition) is 2. The minimum absolute atomic E-state index is 0.195. The van der Waals surface area contributed by atoms with E-state index >= 15 is 0 Å². The van der Waals surface area contributed by atoms with E-state index in [9.17, 15) is 5.21 Å². The molecule has 0 N–H and O–H groups in total. The van der Waals surface area contributed by atoms with Gasteiger partial charge in [-0.05, 0) is 53.4 Å². The monoisotopic (exact) mass is 262 g/mol. The maximum Gasteiger partial charge on any atom is 0.0611 e. The van der Waals surface area contributed by atoms with E-state index in [1.165, 1.54) is 5.06 Å². The Morgan fingerprint density at radius 3 is 2.18 bits per heavy atom. The lowest BCUT2D eigenvalue weighted by Gasteiger charge is -2.49. The molecule has 0 aromatic rings. The molecule has 1 fully saturated rings. The minimum atomic E-state index is -0.334. The molecule has 0 aliphatic carbocycles. The zero-order chi connectivity index (χ0) is 13.1. The molecule has 0 aromatic carbocycles. The molecule has 4 heteroatoms. The Labute approximate surface area is 110 Å². The third-order valence-electron chi connectivity index (χ3n) is 3.44. The number of hydrogen-bond donors (Lipinski definition) is 0. The van der Waals surface area contributed by atoms with Crippen LogP contribution in [0.15, 0.2) is 0 Å². The van der Waals surface area contributed by atoms with Crippen LogP contribution in [0.4, 0.5) is 0 Å². The molecule has 1 aliphatic rings. The second-order valence-electron chi connectivity index (χ2n) is 6.22. The molecular formula is C13H25ClNO2. The van der Waals surface area contributed by atoms with Crippen molar-refractivity contribution in [3.63, 3.8) is 0 Å². The van der Waals surface area contributed by atoms with Crippen molar-refractivity contribution < 1.29 is 9.94 Å². The van der Waals surface area contributed by atoms with Gasteiger partial charge >= 0.3 is 0 Å². The van der Waals surface area contributed by atoms with E-state index in [2.05, 4.69) is 0 Å². The summed E-state index contributed by atoms with van der Waals surface area (Å²) in [4.78, 5) is 0. The smallest absolute Gasteiger partial charge is 0.0611 e. The highest BCUT2D eigenvalue weighted by molar-refractivity contribution is 6.17. The predicted molar refractivity (Wildman–Crippen MR) is 69.6 cm³/mol. The Morgan fingerprint density at radius 1 is 1.18 bits per heavy atom. The van der Waals surface area contributed by atoms with Crippen LogP contribution in [0.3, 0.4) is 0 Å². The zero-order valence-corrected chi connectivity index (χ0v) is 12.2. The van der Waals surface area contributed by atoms with Gasteiger partial charge in [-0.15, -0.1) is 21.9 Å². The third-order valence-corrected chi connectivity index (χ3v) is 3.70. The van der Waals surface area contributed by atoms with E-state index in [1.54, 1.807) is 0 Å². The number of alkyl halides is 1. The maximum absolute atomic E-state index is 12.1. The van der Waals surface area contributed by atoms with Gasteiger partial charge in [0.2, 0.25) is 0 Å². The first kappa shape index (κ1) is 15.2. The van der Waals surface area contributed by atoms with Crippen molar-refractivity contribution in [2.24, 2.45) is 0 Å². The first-order valence-electron chi connectivity index (χ1n) is 6.45. The first-order valence-corrected chi connectivity index (χ1v) is 6.98. The number of ether oxygens (including phenoxy) is 1. The number of hydroxylamine groups is 2. The fourth-order valence-electron chi connectivity index (χ4n) is 2.74. The third kappa shape index (κ3) is 4.09. The Hall–Kier alpha value is 0.170. The standard InChI is InChI=1S/C13H25ClNO2/c1-12(2)9-11(17-8-6-5-7-14)10-13(3,4)15(12)16/h11H,5-10H2,1-4H3. The summed E-state index contributed by atoms with van der Waals surface area (Å²) in [6.45, 7) is 8.74. The Bertz CT molecular complexity index is 226. The molecule has 0 atom stereocenters. The summed E-state index contributed by atoms with van der Waals surface area (Å²) in [5.74, 6) is 0.694. The van der Waals surface area contributed by atoms with Crippen molar-refractivity contribution in [3.05, 3.63) is 0 Å². The minimum Gasteiger partial charge on any atom is -0.378 e. The van der Waals surface area contributed by atoms with E-state index in [0.29, 0.717) is 5.88 Å². The number of halogens is 1. The largest absolute Gasteiger partial charge is 0.378 e. The molecule has 1 rings (SSSR count). The summed E-state index contributed by atoms with van der Waals surface area (Å²) in [5.41, 5.74) is -0.669. The molecule has 3 nitrogen and oxygen atoms in total. The molecule has 1 saturated heterocycles. The van der Waals surface area contributed by atoms with Gasteiger partial charge in [0.1, 0.15) is 0 Å². The molecule has 0 aromatic heterocycles. The molecule has 1 aliphatic heterocycles. The summed E-state index contributed by atoms with van der Waals surface area (Å²) in [6.07, 6.45) is 3.80. The lowest BCUT2D eigenvalue weighted by atomic mass is 9.80. The lowest BCUT2D eigenvalue weighted by Crippen LogP contribution is -2.59. The van der Waals surface area contributed by atoms with Gasteiger partial charge in [0, 0.05) is 23.6 Å². The van der Waals surface area contributed by atoms with Crippen molar-refractivity contribution in [1.29, 1.82) is 0 Å². The SMILES string of the molecule is CC1(C)CC(OCCCCCl)CC(C)(C)N1[O]. The highest BCUT2D eigenvalue weighted by Crippen LogP contribution is 2.38. The summed E-state index contributed by atoms with van der Waals surface area (Å²) in [7, 11) is 0. The second kappa shape index (κ2) is 5.87. The molecule has 17 heavy (non-hydrogen) atoms. The van der Waals surface area contributed by atoms with Crippen LogP contribution in [0.2, 0.25) is 0 Å². The number of nitrogens with zero attached hydrogens (tertiary/aromatic N) is 1. The average molecular weight is 263 g/mol. The Kier molecular flexibility index (Phi) is 5.26. The van der Waals surface area contributed by atoms with Gasteiger partial charge in [-0.1, -0.05) is 0 Å². The van der Waals surface area contributed by atoms with E-state index in [4.69, 9.17) is 16.3 Å². The highest BCUT2D eigenvalue weighted by atomic mass is 35.5. The fourth-order valence-corrected chi connectivity index (χ4v) is 2.93. The summed E-state index contributed by atoms with van der Waals surface area (Å²) in [5, 5.41) is 13.4. The van der Waals surface area contributed by atoms with Gasteiger partial charge in [0.25, 0.3) is 0 Å².